The van der Waals surface area contributed by atoms with Crippen molar-refractivity contribution in [3.63, 3.8) is 0 Å². The van der Waals surface area contributed by atoms with Crippen LogP contribution >= 0.6 is 0 Å². The van der Waals surface area contributed by atoms with Crippen LogP contribution in [0.3, 0.4) is 0 Å². The van der Waals surface area contributed by atoms with Gasteiger partial charge in [-0.15, -0.1) is 0 Å². The van der Waals surface area contributed by atoms with Crippen molar-refractivity contribution in [2.75, 3.05) is 0 Å². The number of hydrogen-bond donors (Lipinski definition) is 0. The van der Waals surface area contributed by atoms with E-state index in [0.717, 1.165) is 39.2 Å². The molecule has 1 aliphatic carbocycles. The van der Waals surface area contributed by atoms with Gasteiger partial charge in [0.25, 0.3) is 0 Å². The standard InChI is InChI=1S/C46H27N3/c1-3-13-28(14-4-1)44-38-27-30(25-26-39(38)47-46(48-44)29-15-5-2-6-16-29)49-40-24-12-23-36-32-18-8-7-17-31(32)34-21-11-22-35-33-19-9-10-20-37(33)45(49)43(41(34)35)42(36)40/h1-27H. The van der Waals surface area contributed by atoms with E-state index < -0.39 is 0 Å². The van der Waals surface area contributed by atoms with Gasteiger partial charge in [0.15, 0.2) is 5.82 Å². The maximum absolute atomic E-state index is 5.22. The lowest BCUT2D eigenvalue weighted by Crippen LogP contribution is -1.99. The Kier molecular flexibility index (Phi) is 5.38. The third-order valence-corrected chi connectivity index (χ3v) is 10.3. The highest BCUT2D eigenvalue weighted by molar-refractivity contribution is 6.37. The molecular formula is C46H27N3. The van der Waals surface area contributed by atoms with Crippen molar-refractivity contribution in [2.45, 2.75) is 0 Å². The topological polar surface area (TPSA) is 30.7 Å². The summed E-state index contributed by atoms with van der Waals surface area (Å²) >= 11 is 0. The third-order valence-electron chi connectivity index (χ3n) is 10.3. The van der Waals surface area contributed by atoms with Gasteiger partial charge in [-0.25, -0.2) is 9.97 Å². The summed E-state index contributed by atoms with van der Waals surface area (Å²) in [5.74, 6) is 0.729. The Balaban J connectivity index is 1.31. The van der Waals surface area contributed by atoms with Gasteiger partial charge in [0, 0.05) is 43.7 Å². The Hall–Kier alpha value is -6.58. The quantitative estimate of drug-likeness (QED) is 0.184. The summed E-state index contributed by atoms with van der Waals surface area (Å²) in [5.41, 5.74) is 12.5. The molecule has 226 valence electrons. The predicted octanol–water partition coefficient (Wildman–Crippen LogP) is 12.0. The minimum absolute atomic E-state index is 0.729. The van der Waals surface area contributed by atoms with E-state index in [-0.39, 0.29) is 0 Å². The molecule has 0 radical (unpaired) electrons. The summed E-state index contributed by atoms with van der Waals surface area (Å²) in [6.07, 6.45) is 0. The minimum Gasteiger partial charge on any atom is -0.309 e. The molecule has 0 atom stereocenters. The van der Waals surface area contributed by atoms with Crippen LogP contribution in [0.15, 0.2) is 164 Å². The predicted molar refractivity (Wildman–Crippen MR) is 204 cm³/mol. The molecule has 3 heteroatoms. The van der Waals surface area contributed by atoms with E-state index in [2.05, 4.69) is 150 Å². The monoisotopic (exact) mass is 621 g/mol. The number of benzene rings is 8. The first-order chi connectivity index (χ1) is 24.3. The Labute approximate surface area is 282 Å². The second kappa shape index (κ2) is 9.96. The molecule has 10 aromatic rings. The van der Waals surface area contributed by atoms with Crippen LogP contribution in [0.4, 0.5) is 0 Å². The molecule has 0 bridgehead atoms. The number of aromatic nitrogens is 3. The molecule has 0 saturated carbocycles. The largest absolute Gasteiger partial charge is 0.309 e. The van der Waals surface area contributed by atoms with Crippen molar-refractivity contribution in [1.29, 1.82) is 0 Å². The molecule has 0 spiro atoms. The van der Waals surface area contributed by atoms with Crippen molar-refractivity contribution in [1.82, 2.24) is 14.5 Å². The zero-order valence-electron chi connectivity index (χ0n) is 26.4. The van der Waals surface area contributed by atoms with Crippen LogP contribution in [0.5, 0.6) is 0 Å². The highest BCUT2D eigenvalue weighted by atomic mass is 15.0. The highest BCUT2D eigenvalue weighted by Crippen LogP contribution is 2.52. The van der Waals surface area contributed by atoms with Crippen molar-refractivity contribution >= 4 is 54.3 Å². The summed E-state index contributed by atoms with van der Waals surface area (Å²) in [6, 6.07) is 58.8. The summed E-state index contributed by atoms with van der Waals surface area (Å²) < 4.78 is 2.49. The first-order valence-electron chi connectivity index (χ1n) is 16.8. The molecule has 0 amide bonds. The normalized spacial score (nSPS) is 12.1. The van der Waals surface area contributed by atoms with E-state index in [4.69, 9.17) is 9.97 Å². The van der Waals surface area contributed by atoms with Crippen LogP contribution in [0.1, 0.15) is 0 Å². The van der Waals surface area contributed by atoms with Crippen molar-refractivity contribution in [3.8, 4) is 50.6 Å². The lowest BCUT2D eigenvalue weighted by atomic mass is 9.91. The van der Waals surface area contributed by atoms with E-state index in [1.54, 1.807) is 0 Å². The first-order valence-corrected chi connectivity index (χ1v) is 16.8. The summed E-state index contributed by atoms with van der Waals surface area (Å²) in [7, 11) is 0. The molecule has 8 aromatic carbocycles. The average molecular weight is 622 g/mol. The van der Waals surface area contributed by atoms with Crippen molar-refractivity contribution in [2.24, 2.45) is 0 Å². The van der Waals surface area contributed by atoms with Gasteiger partial charge in [-0.1, -0.05) is 140 Å². The van der Waals surface area contributed by atoms with Crippen LogP contribution in [-0.4, -0.2) is 14.5 Å². The minimum atomic E-state index is 0.729. The van der Waals surface area contributed by atoms with E-state index in [1.165, 1.54) is 65.6 Å². The zero-order chi connectivity index (χ0) is 32.1. The molecule has 0 aliphatic heterocycles. The second-order valence-electron chi connectivity index (χ2n) is 12.9. The smallest absolute Gasteiger partial charge is 0.160 e. The van der Waals surface area contributed by atoms with Gasteiger partial charge in [-0.2, -0.15) is 0 Å². The molecule has 0 N–H and O–H groups in total. The highest BCUT2D eigenvalue weighted by Gasteiger charge is 2.27. The Morgan fingerprint density at radius 2 is 1.00 bits per heavy atom. The average Bonchev–Trinajstić information content (AvgIpc) is 3.47. The van der Waals surface area contributed by atoms with Gasteiger partial charge < -0.3 is 4.57 Å². The van der Waals surface area contributed by atoms with E-state index in [1.807, 2.05) is 18.2 Å². The molecule has 2 aromatic heterocycles. The maximum atomic E-state index is 5.22. The molecule has 3 nitrogen and oxygen atoms in total. The molecule has 11 rings (SSSR count). The molecule has 0 saturated heterocycles. The lowest BCUT2D eigenvalue weighted by molar-refractivity contribution is 1.18. The molecule has 1 aliphatic rings. The summed E-state index contributed by atoms with van der Waals surface area (Å²) in [4.78, 5) is 10.3. The van der Waals surface area contributed by atoms with E-state index in [9.17, 15) is 0 Å². The SMILES string of the molecule is c1ccc(-c2nc(-c3ccccc3)c3cc(-n4c5cccc6c5c5c7c(cccc7c7ccccc7c54)-c4ccccc4-6)ccc3n2)cc1. The zero-order valence-corrected chi connectivity index (χ0v) is 26.4. The van der Waals surface area contributed by atoms with Gasteiger partial charge in [-0.05, 0) is 57.3 Å². The summed E-state index contributed by atoms with van der Waals surface area (Å²) in [6.45, 7) is 0. The van der Waals surface area contributed by atoms with Gasteiger partial charge in [0.1, 0.15) is 0 Å². The Bertz CT molecular complexity index is 2970. The van der Waals surface area contributed by atoms with Crippen LogP contribution in [0.2, 0.25) is 0 Å². The fraction of sp³-hybridized carbons (Fsp3) is 0. The summed E-state index contributed by atoms with van der Waals surface area (Å²) in [5, 5.41) is 8.75. The van der Waals surface area contributed by atoms with Gasteiger partial charge in [0.05, 0.1) is 22.2 Å². The van der Waals surface area contributed by atoms with Gasteiger partial charge in [-0.3, -0.25) is 0 Å². The lowest BCUT2D eigenvalue weighted by Gasteiger charge is -2.16. The number of rotatable bonds is 3. The van der Waals surface area contributed by atoms with Crippen molar-refractivity contribution < 1.29 is 0 Å². The maximum Gasteiger partial charge on any atom is 0.160 e. The number of nitrogens with zero attached hydrogens (tertiary/aromatic N) is 3. The van der Waals surface area contributed by atoms with Crippen LogP contribution in [0.25, 0.3) is 105 Å². The van der Waals surface area contributed by atoms with Crippen LogP contribution < -0.4 is 0 Å². The fourth-order valence-corrected chi connectivity index (χ4v) is 8.27. The van der Waals surface area contributed by atoms with E-state index >= 15 is 0 Å². The van der Waals surface area contributed by atoms with Gasteiger partial charge in [0.2, 0.25) is 0 Å². The molecular weight excluding hydrogens is 595 g/mol. The molecule has 0 unspecified atom stereocenters. The first kappa shape index (κ1) is 26.5. The van der Waals surface area contributed by atoms with Crippen molar-refractivity contribution in [3.05, 3.63) is 164 Å². The fourth-order valence-electron chi connectivity index (χ4n) is 8.27. The Morgan fingerprint density at radius 3 is 1.78 bits per heavy atom. The molecule has 2 heterocycles. The Morgan fingerprint density at radius 1 is 0.388 bits per heavy atom. The van der Waals surface area contributed by atoms with Crippen LogP contribution in [-0.2, 0) is 0 Å². The third kappa shape index (κ3) is 3.67. The molecule has 0 fully saturated rings. The second-order valence-corrected chi connectivity index (χ2v) is 12.9. The number of fused-ring (bicyclic) bond motifs is 7. The molecule has 49 heavy (non-hydrogen) atoms. The van der Waals surface area contributed by atoms with E-state index in [0.29, 0.717) is 0 Å². The van der Waals surface area contributed by atoms with Crippen LogP contribution in [0, 0.1) is 0 Å². The number of hydrogen-bond acceptors (Lipinski definition) is 2. The van der Waals surface area contributed by atoms with Gasteiger partial charge >= 0.3 is 0 Å².